The fourth-order valence-electron chi connectivity index (χ4n) is 2.50. The fraction of sp³-hybridized carbons (Fsp3) is 0.188. The van der Waals surface area contributed by atoms with E-state index < -0.39 is 4.92 Å². The number of nitriles is 1. The summed E-state index contributed by atoms with van der Waals surface area (Å²) >= 11 is 0. The van der Waals surface area contributed by atoms with Crippen molar-refractivity contribution in [1.29, 1.82) is 5.26 Å². The lowest BCUT2D eigenvalue weighted by Gasteiger charge is -2.07. The van der Waals surface area contributed by atoms with Crippen LogP contribution >= 0.6 is 0 Å². The van der Waals surface area contributed by atoms with Crippen LogP contribution in [0.3, 0.4) is 0 Å². The topological polar surface area (TPSA) is 79.0 Å². The molecule has 2 unspecified atom stereocenters. The highest BCUT2D eigenvalue weighted by molar-refractivity contribution is 5.65. The minimum absolute atomic E-state index is 0.0484. The molecule has 0 aliphatic heterocycles. The molecule has 2 aromatic carbocycles. The fourth-order valence-corrected chi connectivity index (χ4v) is 2.50. The first-order valence-corrected chi connectivity index (χ1v) is 6.69. The molecule has 5 heteroatoms. The molecule has 0 aromatic heterocycles. The third-order valence-corrected chi connectivity index (χ3v) is 3.68. The Morgan fingerprint density at radius 3 is 2.67 bits per heavy atom. The van der Waals surface area contributed by atoms with Crippen LogP contribution in [-0.4, -0.2) is 11.0 Å². The summed E-state index contributed by atoms with van der Waals surface area (Å²) in [4.78, 5) is 10.6. The van der Waals surface area contributed by atoms with E-state index in [1.165, 1.54) is 11.6 Å². The van der Waals surface area contributed by atoms with Gasteiger partial charge in [-0.25, -0.2) is 0 Å². The van der Waals surface area contributed by atoms with E-state index in [1.807, 2.05) is 24.3 Å². The maximum atomic E-state index is 11.1. The highest BCUT2D eigenvalue weighted by atomic mass is 16.6. The summed E-state index contributed by atoms with van der Waals surface area (Å²) in [5, 5.41) is 23.1. The normalized spacial score (nSPS) is 19.6. The van der Waals surface area contributed by atoms with E-state index in [4.69, 9.17) is 5.26 Å². The van der Waals surface area contributed by atoms with E-state index in [0.29, 0.717) is 17.2 Å². The molecule has 0 heterocycles. The average molecular weight is 279 g/mol. The molecule has 1 N–H and O–H groups in total. The summed E-state index contributed by atoms with van der Waals surface area (Å²) in [6.45, 7) is 0. The Hall–Kier alpha value is -2.87. The van der Waals surface area contributed by atoms with Crippen LogP contribution in [0.4, 0.5) is 11.4 Å². The first-order chi connectivity index (χ1) is 10.2. The van der Waals surface area contributed by atoms with Crippen molar-refractivity contribution in [2.45, 2.75) is 18.4 Å². The monoisotopic (exact) mass is 279 g/mol. The molecule has 2 aromatic rings. The van der Waals surface area contributed by atoms with Crippen LogP contribution in [-0.2, 0) is 0 Å². The van der Waals surface area contributed by atoms with Gasteiger partial charge in [-0.2, -0.15) is 5.26 Å². The number of anilines is 1. The van der Waals surface area contributed by atoms with E-state index in [1.54, 1.807) is 12.1 Å². The van der Waals surface area contributed by atoms with Gasteiger partial charge in [0.1, 0.15) is 5.69 Å². The van der Waals surface area contributed by atoms with Gasteiger partial charge in [-0.1, -0.05) is 30.3 Å². The minimum atomic E-state index is -0.455. The zero-order chi connectivity index (χ0) is 14.8. The lowest BCUT2D eigenvalue weighted by molar-refractivity contribution is -0.384. The molecule has 0 amide bonds. The summed E-state index contributed by atoms with van der Waals surface area (Å²) in [6, 6.07) is 16.7. The number of benzene rings is 2. The SMILES string of the molecule is N#Cc1ccc(NC2CC2c2ccccc2)c([N+](=O)[O-])c1. The molecule has 104 valence electrons. The van der Waals surface area contributed by atoms with Crippen LogP contribution in [0.15, 0.2) is 48.5 Å². The van der Waals surface area contributed by atoms with Crippen LogP contribution in [0.5, 0.6) is 0 Å². The van der Waals surface area contributed by atoms with E-state index in [0.717, 1.165) is 6.42 Å². The average Bonchev–Trinajstić information content (AvgIpc) is 3.27. The van der Waals surface area contributed by atoms with Gasteiger partial charge in [0.15, 0.2) is 0 Å². The molecule has 0 spiro atoms. The second-order valence-corrected chi connectivity index (χ2v) is 5.10. The summed E-state index contributed by atoms with van der Waals surface area (Å²) < 4.78 is 0. The number of nitro groups is 1. The van der Waals surface area contributed by atoms with E-state index in [9.17, 15) is 10.1 Å². The predicted molar refractivity (Wildman–Crippen MR) is 79.0 cm³/mol. The minimum Gasteiger partial charge on any atom is -0.376 e. The van der Waals surface area contributed by atoms with Crippen LogP contribution in [0, 0.1) is 21.4 Å². The lowest BCUT2D eigenvalue weighted by atomic mass is 10.1. The van der Waals surface area contributed by atoms with Crippen molar-refractivity contribution in [2.75, 3.05) is 5.32 Å². The molecule has 0 saturated heterocycles. The maximum Gasteiger partial charge on any atom is 0.293 e. The summed E-state index contributed by atoms with van der Waals surface area (Å²) in [5.74, 6) is 0.390. The Balaban J connectivity index is 1.78. The predicted octanol–water partition coefficient (Wildman–Crippen LogP) is 3.43. The van der Waals surface area contributed by atoms with Gasteiger partial charge >= 0.3 is 0 Å². The van der Waals surface area contributed by atoms with Crippen LogP contribution in [0.1, 0.15) is 23.5 Å². The Morgan fingerprint density at radius 1 is 1.24 bits per heavy atom. The molecule has 3 rings (SSSR count). The van der Waals surface area contributed by atoms with E-state index >= 15 is 0 Å². The van der Waals surface area contributed by atoms with Crippen molar-refractivity contribution in [3.05, 3.63) is 69.8 Å². The highest BCUT2D eigenvalue weighted by Crippen LogP contribution is 2.43. The molecule has 0 bridgehead atoms. The van der Waals surface area contributed by atoms with Gasteiger partial charge in [-0.15, -0.1) is 0 Å². The van der Waals surface area contributed by atoms with Crippen molar-refractivity contribution < 1.29 is 4.92 Å². The third-order valence-electron chi connectivity index (χ3n) is 3.68. The van der Waals surface area contributed by atoms with Gasteiger partial charge in [0.25, 0.3) is 5.69 Å². The molecule has 5 nitrogen and oxygen atoms in total. The quantitative estimate of drug-likeness (QED) is 0.686. The number of nitrogens with one attached hydrogen (secondary N) is 1. The first kappa shape index (κ1) is 13.1. The molecule has 1 aliphatic carbocycles. The summed E-state index contributed by atoms with van der Waals surface area (Å²) in [7, 11) is 0. The van der Waals surface area contributed by atoms with Gasteiger partial charge in [-0.3, -0.25) is 10.1 Å². The molecule has 0 radical (unpaired) electrons. The smallest absolute Gasteiger partial charge is 0.293 e. The number of hydrogen-bond donors (Lipinski definition) is 1. The Kier molecular flexibility index (Phi) is 3.28. The van der Waals surface area contributed by atoms with Crippen molar-refractivity contribution in [3.63, 3.8) is 0 Å². The third kappa shape index (κ3) is 2.70. The zero-order valence-corrected chi connectivity index (χ0v) is 11.2. The summed E-state index contributed by atoms with van der Waals surface area (Å²) in [5.41, 5.74) is 1.96. The Bertz CT molecular complexity index is 722. The van der Waals surface area contributed by atoms with Gasteiger partial charge in [0.2, 0.25) is 0 Å². The highest BCUT2D eigenvalue weighted by Gasteiger charge is 2.39. The zero-order valence-electron chi connectivity index (χ0n) is 11.2. The largest absolute Gasteiger partial charge is 0.376 e. The second-order valence-electron chi connectivity index (χ2n) is 5.10. The Labute approximate surface area is 122 Å². The van der Waals surface area contributed by atoms with Gasteiger partial charge < -0.3 is 5.32 Å². The van der Waals surface area contributed by atoms with Gasteiger partial charge in [-0.05, 0) is 24.1 Å². The van der Waals surface area contributed by atoms with Crippen LogP contribution in [0.2, 0.25) is 0 Å². The lowest BCUT2D eigenvalue weighted by Crippen LogP contribution is -2.06. The number of rotatable bonds is 4. The van der Waals surface area contributed by atoms with E-state index in [-0.39, 0.29) is 11.7 Å². The molecular formula is C16H13N3O2. The van der Waals surface area contributed by atoms with Crippen LogP contribution < -0.4 is 5.32 Å². The standard InChI is InChI=1S/C16H13N3O2/c17-10-11-6-7-14(16(8-11)19(20)21)18-15-9-13(15)12-4-2-1-3-5-12/h1-8,13,15,18H,9H2. The van der Waals surface area contributed by atoms with Gasteiger partial charge in [0.05, 0.1) is 16.6 Å². The molecular weight excluding hydrogens is 266 g/mol. The van der Waals surface area contributed by atoms with Crippen LogP contribution in [0.25, 0.3) is 0 Å². The van der Waals surface area contributed by atoms with Crippen molar-refractivity contribution in [1.82, 2.24) is 0 Å². The molecule has 1 fully saturated rings. The molecule has 1 aliphatic rings. The number of nitrogens with zero attached hydrogens (tertiary/aromatic N) is 2. The Morgan fingerprint density at radius 2 is 2.00 bits per heavy atom. The maximum absolute atomic E-state index is 11.1. The van der Waals surface area contributed by atoms with Crippen molar-refractivity contribution in [2.24, 2.45) is 0 Å². The molecule has 21 heavy (non-hydrogen) atoms. The number of nitro benzene ring substituents is 1. The molecule has 1 saturated carbocycles. The van der Waals surface area contributed by atoms with Crippen molar-refractivity contribution >= 4 is 11.4 Å². The van der Waals surface area contributed by atoms with E-state index in [2.05, 4.69) is 17.4 Å². The number of hydrogen-bond acceptors (Lipinski definition) is 4. The van der Waals surface area contributed by atoms with Crippen molar-refractivity contribution in [3.8, 4) is 6.07 Å². The summed E-state index contributed by atoms with van der Waals surface area (Å²) in [6.07, 6.45) is 0.959. The first-order valence-electron chi connectivity index (χ1n) is 6.69. The van der Waals surface area contributed by atoms with Gasteiger partial charge in [0, 0.05) is 18.0 Å². The second kappa shape index (κ2) is 5.25. The molecule has 2 atom stereocenters.